The third kappa shape index (κ3) is 2.98. The summed E-state index contributed by atoms with van der Waals surface area (Å²) in [6, 6.07) is 18.7. The van der Waals surface area contributed by atoms with Crippen LogP contribution in [0.25, 0.3) is 17.0 Å². The summed E-state index contributed by atoms with van der Waals surface area (Å²) >= 11 is 0. The standard InChI is InChI=1S/C18H14N2O/c19-15-8-5-14(6-9-15)18(21)12-11-16-10-7-13-3-1-2-4-17(13)20-16/h1-12H,19H2/b12-11+. The van der Waals surface area contributed by atoms with E-state index >= 15 is 0 Å². The van der Waals surface area contributed by atoms with Gasteiger partial charge in [-0.1, -0.05) is 24.3 Å². The molecule has 0 radical (unpaired) electrons. The smallest absolute Gasteiger partial charge is 0.185 e. The van der Waals surface area contributed by atoms with E-state index in [1.165, 1.54) is 6.08 Å². The summed E-state index contributed by atoms with van der Waals surface area (Å²) in [5.74, 6) is -0.0649. The van der Waals surface area contributed by atoms with Crippen molar-refractivity contribution in [2.45, 2.75) is 0 Å². The first kappa shape index (κ1) is 13.1. The Morgan fingerprint density at radius 1 is 0.952 bits per heavy atom. The highest BCUT2D eigenvalue weighted by Crippen LogP contribution is 2.13. The van der Waals surface area contributed by atoms with E-state index < -0.39 is 0 Å². The Morgan fingerprint density at radius 2 is 1.71 bits per heavy atom. The number of nitrogens with two attached hydrogens (primary N) is 1. The summed E-state index contributed by atoms with van der Waals surface area (Å²) in [5, 5.41) is 1.08. The zero-order chi connectivity index (χ0) is 14.7. The number of allylic oxidation sites excluding steroid dienone is 1. The number of nitrogens with zero attached hydrogens (tertiary/aromatic N) is 1. The van der Waals surface area contributed by atoms with Crippen LogP contribution in [0.3, 0.4) is 0 Å². The molecule has 3 rings (SSSR count). The lowest BCUT2D eigenvalue weighted by molar-refractivity contribution is 0.104. The van der Waals surface area contributed by atoms with E-state index in [0.29, 0.717) is 11.3 Å². The van der Waals surface area contributed by atoms with Crippen LogP contribution in [-0.2, 0) is 0 Å². The maximum Gasteiger partial charge on any atom is 0.185 e. The first-order chi connectivity index (χ1) is 10.2. The molecule has 0 amide bonds. The third-order valence-corrected chi connectivity index (χ3v) is 3.22. The molecule has 0 spiro atoms. The largest absolute Gasteiger partial charge is 0.399 e. The van der Waals surface area contributed by atoms with Crippen molar-refractivity contribution in [3.05, 3.63) is 78.0 Å². The molecule has 0 unspecified atom stereocenters. The van der Waals surface area contributed by atoms with E-state index in [9.17, 15) is 4.79 Å². The Morgan fingerprint density at radius 3 is 2.52 bits per heavy atom. The fourth-order valence-corrected chi connectivity index (χ4v) is 2.08. The average Bonchev–Trinajstić information content (AvgIpc) is 2.53. The molecule has 0 aliphatic heterocycles. The number of benzene rings is 2. The highest BCUT2D eigenvalue weighted by Gasteiger charge is 2.01. The molecular formula is C18H14N2O. The first-order valence-electron chi connectivity index (χ1n) is 6.66. The van der Waals surface area contributed by atoms with Gasteiger partial charge < -0.3 is 5.73 Å². The molecule has 3 aromatic rings. The van der Waals surface area contributed by atoms with Gasteiger partial charge in [-0.25, -0.2) is 4.98 Å². The molecular weight excluding hydrogens is 260 g/mol. The summed E-state index contributed by atoms with van der Waals surface area (Å²) in [5.41, 5.74) is 8.54. The maximum atomic E-state index is 12.0. The second-order valence-corrected chi connectivity index (χ2v) is 4.75. The molecule has 0 saturated carbocycles. The average molecular weight is 274 g/mol. The molecule has 102 valence electrons. The number of carbonyl (C=O) groups excluding carboxylic acids is 1. The number of hydrogen-bond acceptors (Lipinski definition) is 3. The van der Waals surface area contributed by atoms with Gasteiger partial charge in [-0.15, -0.1) is 0 Å². The minimum absolute atomic E-state index is 0.0649. The second kappa shape index (κ2) is 5.59. The molecule has 3 nitrogen and oxygen atoms in total. The number of fused-ring (bicyclic) bond motifs is 1. The molecule has 2 N–H and O–H groups in total. The number of pyridine rings is 1. The van der Waals surface area contributed by atoms with Crippen LogP contribution in [-0.4, -0.2) is 10.8 Å². The summed E-state index contributed by atoms with van der Waals surface area (Å²) in [6.07, 6.45) is 3.26. The second-order valence-electron chi connectivity index (χ2n) is 4.75. The van der Waals surface area contributed by atoms with Gasteiger partial charge in [0.15, 0.2) is 5.78 Å². The van der Waals surface area contributed by atoms with Gasteiger partial charge in [0, 0.05) is 16.6 Å². The first-order valence-corrected chi connectivity index (χ1v) is 6.66. The highest BCUT2D eigenvalue weighted by molar-refractivity contribution is 6.06. The molecule has 3 heteroatoms. The molecule has 0 bridgehead atoms. The van der Waals surface area contributed by atoms with Crippen LogP contribution in [0.2, 0.25) is 0 Å². The van der Waals surface area contributed by atoms with Gasteiger partial charge in [-0.05, 0) is 48.6 Å². The van der Waals surface area contributed by atoms with Crippen molar-refractivity contribution in [2.75, 3.05) is 5.73 Å². The van der Waals surface area contributed by atoms with E-state index in [-0.39, 0.29) is 5.78 Å². The highest BCUT2D eigenvalue weighted by atomic mass is 16.1. The minimum Gasteiger partial charge on any atom is -0.399 e. The molecule has 1 aromatic heterocycles. The lowest BCUT2D eigenvalue weighted by atomic mass is 10.1. The molecule has 21 heavy (non-hydrogen) atoms. The molecule has 0 aliphatic rings. The normalized spacial score (nSPS) is 11.0. The van der Waals surface area contributed by atoms with Gasteiger partial charge in [0.05, 0.1) is 11.2 Å². The van der Waals surface area contributed by atoms with Gasteiger partial charge in [0.2, 0.25) is 0 Å². The van der Waals surface area contributed by atoms with E-state index in [1.807, 2.05) is 36.4 Å². The quantitative estimate of drug-likeness (QED) is 0.450. The number of anilines is 1. The number of carbonyl (C=O) groups is 1. The van der Waals surface area contributed by atoms with Gasteiger partial charge in [-0.3, -0.25) is 4.79 Å². The number of hydrogen-bond donors (Lipinski definition) is 1. The molecule has 1 heterocycles. The van der Waals surface area contributed by atoms with Crippen molar-refractivity contribution >= 4 is 28.4 Å². The predicted molar refractivity (Wildman–Crippen MR) is 86.0 cm³/mol. The molecule has 0 aliphatic carbocycles. The van der Waals surface area contributed by atoms with Gasteiger partial charge in [0.1, 0.15) is 0 Å². The number of ketones is 1. The van der Waals surface area contributed by atoms with Crippen molar-refractivity contribution in [3.63, 3.8) is 0 Å². The van der Waals surface area contributed by atoms with E-state index in [4.69, 9.17) is 5.73 Å². The number of nitrogen functional groups attached to an aromatic ring is 1. The van der Waals surface area contributed by atoms with Gasteiger partial charge in [-0.2, -0.15) is 0 Å². The van der Waals surface area contributed by atoms with Crippen molar-refractivity contribution in [2.24, 2.45) is 0 Å². The van der Waals surface area contributed by atoms with Crippen LogP contribution in [0.1, 0.15) is 16.1 Å². The monoisotopic (exact) mass is 274 g/mol. The zero-order valence-electron chi connectivity index (χ0n) is 11.4. The summed E-state index contributed by atoms with van der Waals surface area (Å²) in [6.45, 7) is 0. The minimum atomic E-state index is -0.0649. The zero-order valence-corrected chi connectivity index (χ0v) is 11.4. The Kier molecular flexibility index (Phi) is 3.48. The van der Waals surface area contributed by atoms with Gasteiger partial charge in [0.25, 0.3) is 0 Å². The van der Waals surface area contributed by atoms with Crippen molar-refractivity contribution < 1.29 is 4.79 Å². The van der Waals surface area contributed by atoms with Crippen molar-refractivity contribution in [1.82, 2.24) is 4.98 Å². The van der Waals surface area contributed by atoms with Crippen LogP contribution in [0.5, 0.6) is 0 Å². The summed E-state index contributed by atoms with van der Waals surface area (Å²) in [7, 11) is 0. The molecule has 0 fully saturated rings. The Labute approximate surface area is 122 Å². The van der Waals surface area contributed by atoms with Crippen molar-refractivity contribution in [3.8, 4) is 0 Å². The lowest BCUT2D eigenvalue weighted by Gasteiger charge is -1.99. The molecule has 2 aromatic carbocycles. The number of para-hydroxylation sites is 1. The fourth-order valence-electron chi connectivity index (χ4n) is 2.08. The lowest BCUT2D eigenvalue weighted by Crippen LogP contribution is -1.95. The SMILES string of the molecule is Nc1ccc(C(=O)/C=C/c2ccc3ccccc3n2)cc1. The fraction of sp³-hybridized carbons (Fsp3) is 0. The predicted octanol–water partition coefficient (Wildman–Crippen LogP) is 3.71. The van der Waals surface area contributed by atoms with Crippen LogP contribution in [0, 0.1) is 0 Å². The molecule has 0 atom stereocenters. The van der Waals surface area contributed by atoms with Crippen LogP contribution >= 0.6 is 0 Å². The summed E-state index contributed by atoms with van der Waals surface area (Å²) < 4.78 is 0. The van der Waals surface area contributed by atoms with E-state index in [2.05, 4.69) is 4.98 Å². The Bertz CT molecular complexity index is 820. The van der Waals surface area contributed by atoms with E-state index in [0.717, 1.165) is 16.6 Å². The summed E-state index contributed by atoms with van der Waals surface area (Å²) in [4.78, 5) is 16.5. The van der Waals surface area contributed by atoms with Crippen LogP contribution < -0.4 is 5.73 Å². The number of rotatable bonds is 3. The van der Waals surface area contributed by atoms with Crippen LogP contribution in [0.4, 0.5) is 5.69 Å². The van der Waals surface area contributed by atoms with E-state index in [1.54, 1.807) is 30.3 Å². The maximum absolute atomic E-state index is 12.0. The number of aromatic nitrogens is 1. The van der Waals surface area contributed by atoms with Gasteiger partial charge >= 0.3 is 0 Å². The Hall–Kier alpha value is -2.94. The van der Waals surface area contributed by atoms with Crippen molar-refractivity contribution in [1.29, 1.82) is 0 Å². The third-order valence-electron chi connectivity index (χ3n) is 3.22. The van der Waals surface area contributed by atoms with Crippen LogP contribution in [0.15, 0.2) is 66.7 Å². The topological polar surface area (TPSA) is 56.0 Å². The Balaban J connectivity index is 1.83. The molecule has 0 saturated heterocycles.